The quantitative estimate of drug-likeness (QED) is 0.128. The van der Waals surface area contributed by atoms with Crippen LogP contribution in [0.15, 0.2) is 109 Å². The molecule has 0 aliphatic rings. The molecule has 4 aromatic carbocycles. The zero-order valence-electron chi connectivity index (χ0n) is 19.8. The molecule has 0 spiro atoms. The maximum Gasteiger partial charge on any atom is 0.218 e. The van der Waals surface area contributed by atoms with E-state index in [1.807, 2.05) is 24.3 Å². The van der Waals surface area contributed by atoms with Crippen LogP contribution >= 0.6 is 0 Å². The van der Waals surface area contributed by atoms with Gasteiger partial charge in [0.15, 0.2) is 5.78 Å². The second kappa shape index (κ2) is 10.7. The van der Waals surface area contributed by atoms with Crippen molar-refractivity contribution in [3.05, 3.63) is 115 Å². The number of aliphatic hydroxyl groups excluding tert-OH is 1. The van der Waals surface area contributed by atoms with Gasteiger partial charge in [-0.1, -0.05) is 54.0 Å². The normalized spacial score (nSPS) is 11.2. The zero-order chi connectivity index (χ0) is 24.4. The average Bonchev–Trinajstić information content (AvgIpc) is 3.40. The molecule has 0 fully saturated rings. The number of aromatic nitrogens is 3. The fraction of sp³-hybridized carbons (Fsp3) is 0.0667. The predicted octanol–water partition coefficient (Wildman–Crippen LogP) is 6.96. The third kappa shape index (κ3) is 4.74. The second-order valence-corrected chi connectivity index (χ2v) is 8.25. The fourth-order valence-corrected chi connectivity index (χ4v) is 4.34. The molecule has 36 heavy (non-hydrogen) atoms. The van der Waals surface area contributed by atoms with Crippen LogP contribution < -0.4 is 0 Å². The number of hydrogen-bond acceptors (Lipinski definition) is 3. The molecule has 0 aliphatic carbocycles. The smallest absolute Gasteiger partial charge is 0.218 e. The van der Waals surface area contributed by atoms with Crippen LogP contribution in [-0.4, -0.2) is 25.0 Å². The molecule has 0 atom stereocenters. The van der Waals surface area contributed by atoms with Crippen LogP contribution in [0.4, 0.5) is 0 Å². The number of aliphatic hydroxyl groups is 1. The minimum absolute atomic E-state index is 0. The van der Waals surface area contributed by atoms with Gasteiger partial charge in [0.25, 0.3) is 0 Å². The topological polar surface area (TPSA) is 60.0 Å². The maximum absolute atomic E-state index is 10.0. The van der Waals surface area contributed by atoms with Crippen LogP contribution in [0, 0.1) is 6.07 Å². The Morgan fingerprint density at radius 2 is 1.44 bits per heavy atom. The molecule has 6 aromatic rings. The summed E-state index contributed by atoms with van der Waals surface area (Å²) in [6, 6.07) is 36.8. The van der Waals surface area contributed by atoms with Crippen molar-refractivity contribution < 1.29 is 30.0 Å². The molecule has 0 unspecified atom stereocenters. The molecule has 2 aromatic heterocycles. The first-order chi connectivity index (χ1) is 17.0. The van der Waals surface area contributed by atoms with Gasteiger partial charge in [-0.15, -0.1) is 5.39 Å². The summed E-state index contributed by atoms with van der Waals surface area (Å²) in [7, 11) is 0. The number of benzene rings is 4. The van der Waals surface area contributed by atoms with Crippen molar-refractivity contribution in [2.75, 3.05) is 0 Å². The van der Waals surface area contributed by atoms with Crippen molar-refractivity contribution in [3.63, 3.8) is 0 Å². The molecule has 1 N–H and O–H groups in total. The first-order valence-electron chi connectivity index (χ1n) is 11.4. The summed E-state index contributed by atoms with van der Waals surface area (Å²) in [5.74, 6) is 0.813. The van der Waals surface area contributed by atoms with Gasteiger partial charge in [0, 0.05) is 37.4 Å². The Labute approximate surface area is 222 Å². The Bertz CT molecular complexity index is 1640. The Hall–Kier alpha value is -3.99. The molecular formula is C30H24IrN3O2-. The van der Waals surface area contributed by atoms with Crippen molar-refractivity contribution >= 4 is 38.6 Å². The fourth-order valence-electron chi connectivity index (χ4n) is 4.34. The number of imidazole rings is 1. The number of ketones is 1. The molecule has 0 saturated carbocycles. The predicted molar refractivity (Wildman–Crippen MR) is 141 cm³/mol. The Kier molecular flexibility index (Phi) is 7.49. The van der Waals surface area contributed by atoms with Crippen LogP contribution in [0.2, 0.25) is 0 Å². The van der Waals surface area contributed by atoms with E-state index in [1.54, 1.807) is 0 Å². The van der Waals surface area contributed by atoms with Gasteiger partial charge in [-0.3, -0.25) is 9.36 Å². The minimum Gasteiger partial charge on any atom is -0.512 e. The van der Waals surface area contributed by atoms with Gasteiger partial charge >= 0.3 is 0 Å². The summed E-state index contributed by atoms with van der Waals surface area (Å²) in [5.41, 5.74) is 5.32. The number of carbonyl (C=O) groups excluding carboxylic acids is 1. The third-order valence-electron chi connectivity index (χ3n) is 5.66. The van der Waals surface area contributed by atoms with E-state index in [0.717, 1.165) is 33.7 Å². The van der Waals surface area contributed by atoms with E-state index in [2.05, 4.69) is 88.0 Å². The molecule has 6 rings (SSSR count). The Morgan fingerprint density at radius 1 is 0.806 bits per heavy atom. The molecule has 1 radical (unpaired) electrons. The van der Waals surface area contributed by atoms with E-state index in [1.165, 1.54) is 30.7 Å². The summed E-state index contributed by atoms with van der Waals surface area (Å²) in [5, 5.41) is 10.8. The summed E-state index contributed by atoms with van der Waals surface area (Å²) >= 11 is 0. The number of hydrogen-bond donors (Lipinski definition) is 1. The molecule has 2 heterocycles. The first-order valence-corrected chi connectivity index (χ1v) is 11.4. The van der Waals surface area contributed by atoms with Gasteiger partial charge in [-0.2, -0.15) is 24.3 Å². The second-order valence-electron chi connectivity index (χ2n) is 8.25. The van der Waals surface area contributed by atoms with Gasteiger partial charge in [0.2, 0.25) is 5.95 Å². The molecule has 6 heteroatoms. The van der Waals surface area contributed by atoms with Gasteiger partial charge in [-0.25, -0.2) is 4.98 Å². The largest absolute Gasteiger partial charge is 0.512 e. The van der Waals surface area contributed by atoms with Crippen LogP contribution in [0.1, 0.15) is 13.8 Å². The molecule has 181 valence electrons. The van der Waals surface area contributed by atoms with Gasteiger partial charge in [-0.05, 0) is 49.6 Å². The molecule has 0 saturated heterocycles. The summed E-state index contributed by atoms with van der Waals surface area (Å²) in [6.07, 6.45) is 1.17. The molecular weight excluding hydrogens is 627 g/mol. The van der Waals surface area contributed by atoms with E-state index in [-0.39, 0.29) is 31.6 Å². The standard InChI is InChI=1S/C25H16N3.C5H8O2.Ir/c1-2-10-18(11-3-1)27-24-17-9-6-14-21(24)26-25(27)28-22-15-7-4-12-19(22)20-13-5-8-16-23(20)28;1-4(6)3-5(2)7;/h1-15,17H;3,6H,1-2H3;/q-1;;/b;4-3-;. The number of carbonyl (C=O) groups is 1. The van der Waals surface area contributed by atoms with E-state index in [9.17, 15) is 4.79 Å². The Morgan fingerprint density at radius 3 is 2.14 bits per heavy atom. The van der Waals surface area contributed by atoms with Crippen LogP contribution in [-0.2, 0) is 24.9 Å². The van der Waals surface area contributed by atoms with Crippen LogP contribution in [0.25, 0.3) is 44.5 Å². The summed E-state index contributed by atoms with van der Waals surface area (Å²) < 4.78 is 4.44. The van der Waals surface area contributed by atoms with E-state index >= 15 is 0 Å². The van der Waals surface area contributed by atoms with Gasteiger partial charge in [0.05, 0.1) is 16.8 Å². The summed E-state index contributed by atoms with van der Waals surface area (Å²) in [4.78, 5) is 15.1. The van der Waals surface area contributed by atoms with Crippen LogP contribution in [0.3, 0.4) is 0 Å². The third-order valence-corrected chi connectivity index (χ3v) is 5.66. The zero-order valence-corrected chi connectivity index (χ0v) is 22.2. The van der Waals surface area contributed by atoms with Crippen LogP contribution in [0.5, 0.6) is 0 Å². The number of rotatable bonds is 3. The van der Waals surface area contributed by atoms with Crippen molar-refractivity contribution in [2.24, 2.45) is 0 Å². The van der Waals surface area contributed by atoms with Crippen molar-refractivity contribution in [1.82, 2.24) is 14.1 Å². The van der Waals surface area contributed by atoms with Crippen molar-refractivity contribution in [3.8, 4) is 11.6 Å². The molecule has 0 bridgehead atoms. The van der Waals surface area contributed by atoms with Crippen molar-refractivity contribution in [1.29, 1.82) is 0 Å². The summed E-state index contributed by atoms with van der Waals surface area (Å²) in [6.45, 7) is 2.85. The first kappa shape index (κ1) is 25.1. The number of allylic oxidation sites excluding steroid dienone is 2. The van der Waals surface area contributed by atoms with E-state index in [4.69, 9.17) is 10.1 Å². The van der Waals surface area contributed by atoms with Crippen molar-refractivity contribution in [2.45, 2.75) is 13.8 Å². The number of nitrogens with zero attached hydrogens (tertiary/aromatic N) is 3. The maximum atomic E-state index is 10.0. The van der Waals surface area contributed by atoms with Gasteiger partial charge < -0.3 is 9.67 Å². The SMILES string of the molecule is CC(=O)/C=C(/C)O.[Ir].[c-]1cccc2c3ccccc3n(-c3nc4ccccc4n3-c3ccccc3)c12. The minimum atomic E-state index is -0.125. The van der Waals surface area contributed by atoms with Gasteiger partial charge in [0.1, 0.15) is 0 Å². The van der Waals surface area contributed by atoms with E-state index < -0.39 is 0 Å². The molecule has 5 nitrogen and oxygen atoms in total. The number of para-hydroxylation sites is 5. The monoisotopic (exact) mass is 651 g/mol. The Balaban J connectivity index is 0.000000338. The molecule has 0 amide bonds. The molecule has 0 aliphatic heterocycles. The van der Waals surface area contributed by atoms with E-state index in [0.29, 0.717) is 0 Å². The number of fused-ring (bicyclic) bond motifs is 4. The average molecular weight is 651 g/mol.